The van der Waals surface area contributed by atoms with Crippen molar-refractivity contribution in [2.24, 2.45) is 11.7 Å². The fraction of sp³-hybridized carbons (Fsp3) is 0.472. The lowest BCUT2D eigenvalue weighted by atomic mass is 10.0. The van der Waals surface area contributed by atoms with E-state index in [1.807, 2.05) is 18.2 Å². The minimum Gasteiger partial charge on any atom is -0.496 e. The van der Waals surface area contributed by atoms with Gasteiger partial charge in [-0.2, -0.15) is 15.2 Å². The van der Waals surface area contributed by atoms with Gasteiger partial charge in [0, 0.05) is 68.6 Å². The van der Waals surface area contributed by atoms with E-state index in [1.165, 1.54) is 12.2 Å². The molecule has 9 N–H and O–H groups in total. The summed E-state index contributed by atoms with van der Waals surface area (Å²) in [5.41, 5.74) is 15.3. The number of nitrogens with one attached hydrogen (secondary N) is 5. The number of likely N-dealkylation sites (tertiary alicyclic amines) is 1. The zero-order chi connectivity index (χ0) is 54.7. The van der Waals surface area contributed by atoms with E-state index in [4.69, 9.17) is 25.7 Å². The summed E-state index contributed by atoms with van der Waals surface area (Å²) in [4.78, 5) is 100. The van der Waals surface area contributed by atoms with Crippen LogP contribution in [0.2, 0.25) is 0 Å². The van der Waals surface area contributed by atoms with E-state index < -0.39 is 36.0 Å². The lowest BCUT2D eigenvalue weighted by Crippen LogP contribution is -2.54. The maximum atomic E-state index is 13.6. The average molecular weight is 1050 g/mol. The number of urea groups is 1. The first-order valence-corrected chi connectivity index (χ1v) is 25.6. The molecule has 0 spiro atoms. The number of methoxy groups -OCH3 is 1. The number of rotatable bonds is 28. The fourth-order valence-corrected chi connectivity index (χ4v) is 8.78. The van der Waals surface area contributed by atoms with Gasteiger partial charge in [-0.15, -0.1) is 0 Å². The van der Waals surface area contributed by atoms with Gasteiger partial charge < -0.3 is 56.8 Å². The van der Waals surface area contributed by atoms with Crippen LogP contribution in [-0.4, -0.2) is 124 Å². The summed E-state index contributed by atoms with van der Waals surface area (Å²) in [5.74, 6) is -1.61. The number of alkyl carbamates (subject to hydrolysis) is 1. The number of carbonyl (C=O) groups is 7. The van der Waals surface area contributed by atoms with Crippen LogP contribution in [0.25, 0.3) is 11.0 Å². The maximum Gasteiger partial charge on any atom is 0.407 e. The van der Waals surface area contributed by atoms with Gasteiger partial charge in [-0.25, -0.2) is 9.59 Å². The molecule has 2 aliphatic heterocycles. The number of carbonyl (C=O) groups excluding carboxylic acids is 7. The molecule has 6 rings (SSSR count). The summed E-state index contributed by atoms with van der Waals surface area (Å²) in [5, 5.41) is 24.3. The number of hydrogen-bond donors (Lipinski definition) is 7. The van der Waals surface area contributed by atoms with E-state index in [-0.39, 0.29) is 74.0 Å². The largest absolute Gasteiger partial charge is 0.496 e. The van der Waals surface area contributed by atoms with Crippen LogP contribution in [0.3, 0.4) is 0 Å². The lowest BCUT2D eigenvalue weighted by Gasteiger charge is -2.25. The number of ether oxygens (including phenoxy) is 3. The van der Waals surface area contributed by atoms with E-state index in [2.05, 4.69) is 54.4 Å². The summed E-state index contributed by atoms with van der Waals surface area (Å²) in [6.45, 7) is 8.69. The molecule has 4 heterocycles. The Morgan fingerprint density at radius 2 is 1.66 bits per heavy atom. The van der Waals surface area contributed by atoms with Crippen LogP contribution in [0.1, 0.15) is 101 Å². The molecule has 0 radical (unpaired) electrons. The topological polar surface area (TPSA) is 320 Å². The average Bonchev–Trinajstić information content (AvgIpc) is 4.10. The Bertz CT molecular complexity index is 2770. The predicted octanol–water partition coefficient (Wildman–Crippen LogP) is 4.12. The first-order valence-electron chi connectivity index (χ1n) is 25.6. The highest BCUT2D eigenvalue weighted by Crippen LogP contribution is 2.29. The molecule has 23 nitrogen and oxygen atoms in total. The summed E-state index contributed by atoms with van der Waals surface area (Å²) >= 11 is 0. The molecule has 8 amide bonds. The molecule has 23 heteroatoms. The van der Waals surface area contributed by atoms with Gasteiger partial charge >= 0.3 is 18.1 Å². The highest BCUT2D eigenvalue weighted by atomic mass is 16.5. The molecule has 2 aliphatic rings. The van der Waals surface area contributed by atoms with Crippen molar-refractivity contribution >= 4 is 64.2 Å². The molecule has 2 aromatic carbocycles. The number of anilines is 2. The first kappa shape index (κ1) is 57.0. The molecule has 4 aromatic rings. The Morgan fingerprint density at radius 3 is 2.36 bits per heavy atom. The SMILES string of the molecule is CCCCOc1nc(N)c2cc(C#N)n(Cc3ccc(CN4CC[C@H](NC(=O)OCc5ccc(NC(=O)[C@H](CCCNC(N)=O)NC(=O)[C@@H](NC(=O)CCCCCN6C(=O)C=CC6=O)C(C)C)cc5)C4)cc3OC)c2n1. The van der Waals surface area contributed by atoms with Gasteiger partial charge in [-0.3, -0.25) is 33.8 Å². The molecule has 1 fully saturated rings. The Morgan fingerprint density at radius 1 is 0.908 bits per heavy atom. The third kappa shape index (κ3) is 16.4. The Kier molecular flexibility index (Phi) is 20.9. The van der Waals surface area contributed by atoms with Crippen molar-refractivity contribution in [3.8, 4) is 17.8 Å². The smallest absolute Gasteiger partial charge is 0.407 e. The Hall–Kier alpha value is -8.26. The Labute approximate surface area is 441 Å². The van der Waals surface area contributed by atoms with Crippen LogP contribution < -0.4 is 47.5 Å². The van der Waals surface area contributed by atoms with Crippen LogP contribution in [0, 0.1) is 17.2 Å². The molecule has 1 saturated heterocycles. The van der Waals surface area contributed by atoms with Crippen LogP contribution in [0.15, 0.2) is 60.7 Å². The summed E-state index contributed by atoms with van der Waals surface area (Å²) in [7, 11) is 1.60. The van der Waals surface area contributed by atoms with Crippen molar-refractivity contribution in [3.63, 3.8) is 0 Å². The second-order valence-corrected chi connectivity index (χ2v) is 19.1. The number of nitrogen functional groups attached to an aromatic ring is 1. The van der Waals surface area contributed by atoms with Gasteiger partial charge in [-0.05, 0) is 79.8 Å². The van der Waals surface area contributed by atoms with E-state index in [9.17, 15) is 38.8 Å². The number of primary amides is 1. The fourth-order valence-electron chi connectivity index (χ4n) is 8.78. The molecule has 76 heavy (non-hydrogen) atoms. The first-order chi connectivity index (χ1) is 36.5. The molecular weight excluding hydrogens is 979 g/mol. The van der Waals surface area contributed by atoms with E-state index in [0.717, 1.165) is 41.8 Å². The summed E-state index contributed by atoms with van der Waals surface area (Å²) < 4.78 is 18.9. The highest BCUT2D eigenvalue weighted by Gasteiger charge is 2.30. The number of nitrogens with two attached hydrogens (primary N) is 2. The van der Waals surface area contributed by atoms with Crippen molar-refractivity contribution in [3.05, 3.63) is 83.1 Å². The molecular formula is C53H69N13O10. The number of imide groups is 1. The van der Waals surface area contributed by atoms with Crippen molar-refractivity contribution in [1.29, 1.82) is 5.26 Å². The van der Waals surface area contributed by atoms with Crippen LogP contribution in [-0.2, 0) is 48.4 Å². The Balaban J connectivity index is 0.953. The molecule has 0 bridgehead atoms. The maximum absolute atomic E-state index is 13.6. The van der Waals surface area contributed by atoms with Crippen molar-refractivity contribution in [2.45, 2.75) is 116 Å². The third-order valence-corrected chi connectivity index (χ3v) is 12.9. The quantitative estimate of drug-likeness (QED) is 0.0311. The summed E-state index contributed by atoms with van der Waals surface area (Å²) in [6, 6.07) is 13.8. The lowest BCUT2D eigenvalue weighted by molar-refractivity contribution is -0.137. The molecule has 0 unspecified atom stereocenters. The highest BCUT2D eigenvalue weighted by molar-refractivity contribution is 6.12. The summed E-state index contributed by atoms with van der Waals surface area (Å²) in [6.07, 6.45) is 6.54. The number of hydrogen-bond acceptors (Lipinski definition) is 15. The van der Waals surface area contributed by atoms with Crippen LogP contribution in [0.4, 0.5) is 21.1 Å². The number of aromatic nitrogens is 3. The van der Waals surface area contributed by atoms with Crippen LogP contribution in [0.5, 0.6) is 11.8 Å². The number of nitriles is 1. The zero-order valence-corrected chi connectivity index (χ0v) is 43.5. The molecule has 0 aliphatic carbocycles. The zero-order valence-electron chi connectivity index (χ0n) is 43.5. The normalized spacial score (nSPS) is 15.1. The number of nitrogens with zero attached hydrogens (tertiary/aromatic N) is 6. The van der Waals surface area contributed by atoms with Crippen molar-refractivity contribution < 1.29 is 47.8 Å². The van der Waals surface area contributed by atoms with E-state index in [1.54, 1.807) is 55.9 Å². The van der Waals surface area contributed by atoms with E-state index in [0.29, 0.717) is 85.7 Å². The molecule has 3 atom stereocenters. The molecule has 2 aromatic heterocycles. The van der Waals surface area contributed by atoms with Crippen molar-refractivity contribution in [2.75, 3.05) is 50.9 Å². The van der Waals surface area contributed by atoms with E-state index >= 15 is 0 Å². The van der Waals surface area contributed by atoms with Gasteiger partial charge in [0.05, 0.1) is 25.6 Å². The van der Waals surface area contributed by atoms with Gasteiger partial charge in [0.2, 0.25) is 17.7 Å². The van der Waals surface area contributed by atoms with Gasteiger partial charge in [0.25, 0.3) is 11.8 Å². The number of fused-ring (bicyclic) bond motifs is 1. The minimum atomic E-state index is -1.05. The predicted molar refractivity (Wildman–Crippen MR) is 281 cm³/mol. The van der Waals surface area contributed by atoms with Crippen molar-refractivity contribution in [1.82, 2.24) is 45.6 Å². The number of unbranched alkanes of at least 4 members (excludes halogenated alkanes) is 3. The van der Waals surface area contributed by atoms with Gasteiger partial charge in [0.15, 0.2) is 5.65 Å². The molecule has 406 valence electrons. The second kappa shape index (κ2) is 27.9. The molecule has 0 saturated carbocycles. The van der Waals surface area contributed by atoms with Crippen LogP contribution >= 0.6 is 0 Å². The number of benzene rings is 2. The second-order valence-electron chi connectivity index (χ2n) is 19.1. The van der Waals surface area contributed by atoms with Gasteiger partial charge in [0.1, 0.15) is 42.0 Å². The number of amides is 8. The monoisotopic (exact) mass is 1050 g/mol. The van der Waals surface area contributed by atoms with Gasteiger partial charge in [-0.1, -0.05) is 57.9 Å². The minimum absolute atomic E-state index is 0.0300. The standard InChI is InChI=1S/C53H69N13O10/c1-5-6-25-75-52-62-47(55)40-27-39(28-54)66(48(40)63-52)30-36-16-13-35(26-42(36)74-4)29-64-24-21-38(31-64)59-53(73)76-32-34-14-17-37(18-15-34)58-49(70)41(11-10-22-57-51(56)72)60-50(71)46(33(2)3)61-43(67)12-8-7-9-23-65-44(68)19-20-45(65)69/h13-20,26-27,33,38,41,46H,5-12,21-25,29-32H2,1-4H3,(H,58,70)(H,59,73)(H,60,71)(H,61,67)(H2,55,62,63)(H3,56,57,72)/t38-,41-,46-/m0/s1. The third-order valence-electron chi connectivity index (χ3n) is 12.9.